The highest BCUT2D eigenvalue weighted by molar-refractivity contribution is 6.09. The monoisotopic (exact) mass is 385 g/mol. The van der Waals surface area contributed by atoms with E-state index in [0.717, 1.165) is 44.7 Å². The number of fused-ring (bicyclic) bond motifs is 1. The van der Waals surface area contributed by atoms with E-state index in [2.05, 4.69) is 5.32 Å². The van der Waals surface area contributed by atoms with Gasteiger partial charge in [0.05, 0.1) is 0 Å². The van der Waals surface area contributed by atoms with Crippen LogP contribution in [0.15, 0.2) is 18.2 Å². The van der Waals surface area contributed by atoms with Gasteiger partial charge in [-0.2, -0.15) is 0 Å². The second-order valence-corrected chi connectivity index (χ2v) is 8.41. The third-order valence-corrected chi connectivity index (χ3v) is 6.81. The first kappa shape index (κ1) is 17.8. The van der Waals surface area contributed by atoms with Crippen LogP contribution < -0.4 is 19.7 Å². The largest absolute Gasteiger partial charge is 0.486 e. The molecule has 1 atom stereocenters. The zero-order valence-corrected chi connectivity index (χ0v) is 16.1. The summed E-state index contributed by atoms with van der Waals surface area (Å²) < 4.78 is 11.2. The van der Waals surface area contributed by atoms with Gasteiger partial charge in [0.25, 0.3) is 0 Å². The number of nitrogens with zero attached hydrogens (tertiary/aromatic N) is 2. The van der Waals surface area contributed by atoms with Crippen molar-refractivity contribution >= 4 is 17.5 Å². The third-order valence-electron chi connectivity index (χ3n) is 6.81. The lowest BCUT2D eigenvalue weighted by molar-refractivity contribution is -0.141. The Hall–Kier alpha value is -2.28. The number of hydrogen-bond donors (Lipinski definition) is 1. The molecule has 4 aliphatic heterocycles. The number of likely N-dealkylation sites (tertiary alicyclic amines) is 1. The molecule has 28 heavy (non-hydrogen) atoms. The molecule has 150 valence electrons. The van der Waals surface area contributed by atoms with Crippen LogP contribution in [0.5, 0.6) is 11.5 Å². The summed E-state index contributed by atoms with van der Waals surface area (Å²) in [6.07, 6.45) is 3.86. The Kier molecular flexibility index (Phi) is 4.42. The van der Waals surface area contributed by atoms with Crippen LogP contribution in [-0.4, -0.2) is 62.7 Å². The molecule has 0 aliphatic carbocycles. The Balaban J connectivity index is 1.25. The van der Waals surface area contributed by atoms with E-state index in [4.69, 9.17) is 9.47 Å². The van der Waals surface area contributed by atoms with Crippen LogP contribution in [-0.2, 0) is 9.59 Å². The Morgan fingerprint density at radius 1 is 1.07 bits per heavy atom. The van der Waals surface area contributed by atoms with Crippen molar-refractivity contribution in [1.29, 1.82) is 0 Å². The summed E-state index contributed by atoms with van der Waals surface area (Å²) in [5, 5.41) is 3.45. The van der Waals surface area contributed by atoms with Crippen molar-refractivity contribution in [2.75, 3.05) is 50.8 Å². The minimum Gasteiger partial charge on any atom is -0.486 e. The fourth-order valence-corrected chi connectivity index (χ4v) is 5.01. The number of rotatable bonds is 2. The van der Waals surface area contributed by atoms with Gasteiger partial charge in [-0.1, -0.05) is 0 Å². The lowest BCUT2D eigenvalue weighted by Gasteiger charge is -2.39. The van der Waals surface area contributed by atoms with Gasteiger partial charge in [0, 0.05) is 37.9 Å². The Morgan fingerprint density at radius 2 is 1.86 bits per heavy atom. The Bertz CT molecular complexity index is 780. The van der Waals surface area contributed by atoms with Gasteiger partial charge in [-0.15, -0.1) is 0 Å². The number of anilines is 1. The summed E-state index contributed by atoms with van der Waals surface area (Å²) in [5.41, 5.74) is 1.15. The minimum atomic E-state index is -0.552. The maximum atomic E-state index is 13.0. The predicted octanol–water partition coefficient (Wildman–Crippen LogP) is 1.41. The minimum absolute atomic E-state index is 0.00542. The van der Waals surface area contributed by atoms with Crippen molar-refractivity contribution in [3.63, 3.8) is 0 Å². The predicted molar refractivity (Wildman–Crippen MR) is 104 cm³/mol. The van der Waals surface area contributed by atoms with E-state index in [9.17, 15) is 9.59 Å². The maximum Gasteiger partial charge on any atom is 0.239 e. The molecule has 0 bridgehead atoms. The summed E-state index contributed by atoms with van der Waals surface area (Å²) in [4.78, 5) is 29.7. The second kappa shape index (κ2) is 6.95. The van der Waals surface area contributed by atoms with Crippen LogP contribution in [0, 0.1) is 11.3 Å². The van der Waals surface area contributed by atoms with Crippen LogP contribution in [0.4, 0.5) is 5.69 Å². The Morgan fingerprint density at radius 3 is 2.61 bits per heavy atom. The molecule has 4 aliphatic rings. The fraction of sp³-hybridized carbons (Fsp3) is 0.619. The molecule has 1 spiro atoms. The van der Waals surface area contributed by atoms with Crippen molar-refractivity contribution in [2.24, 2.45) is 11.3 Å². The average molecular weight is 385 g/mol. The van der Waals surface area contributed by atoms with E-state index in [1.807, 2.05) is 23.1 Å². The SMILES string of the molecule is O=C(C1CCN(c2ccc3c(c2)OCCO3)C1=O)N1CCC2(CCNC2)CC1. The normalized spacial score (nSPS) is 26.1. The summed E-state index contributed by atoms with van der Waals surface area (Å²) in [6, 6.07) is 5.55. The van der Waals surface area contributed by atoms with E-state index in [-0.39, 0.29) is 11.8 Å². The first-order chi connectivity index (χ1) is 13.7. The molecule has 1 unspecified atom stereocenters. The van der Waals surface area contributed by atoms with E-state index >= 15 is 0 Å². The number of piperidine rings is 1. The first-order valence-corrected chi connectivity index (χ1v) is 10.4. The molecule has 7 nitrogen and oxygen atoms in total. The molecule has 0 radical (unpaired) electrons. The number of benzene rings is 1. The van der Waals surface area contributed by atoms with Crippen LogP contribution in [0.1, 0.15) is 25.7 Å². The summed E-state index contributed by atoms with van der Waals surface area (Å²) >= 11 is 0. The molecule has 4 heterocycles. The summed E-state index contributed by atoms with van der Waals surface area (Å²) in [5.74, 6) is 0.732. The number of ether oxygens (including phenoxy) is 2. The van der Waals surface area contributed by atoms with Crippen molar-refractivity contribution in [1.82, 2.24) is 10.2 Å². The smallest absolute Gasteiger partial charge is 0.239 e. The second-order valence-electron chi connectivity index (χ2n) is 8.41. The number of hydrogen-bond acceptors (Lipinski definition) is 5. The lowest BCUT2D eigenvalue weighted by atomic mass is 9.77. The van der Waals surface area contributed by atoms with Gasteiger partial charge in [-0.3, -0.25) is 9.59 Å². The number of carbonyl (C=O) groups excluding carboxylic acids is 2. The van der Waals surface area contributed by atoms with Crippen LogP contribution >= 0.6 is 0 Å². The zero-order chi connectivity index (χ0) is 19.1. The highest BCUT2D eigenvalue weighted by Crippen LogP contribution is 2.39. The van der Waals surface area contributed by atoms with Gasteiger partial charge >= 0.3 is 0 Å². The molecule has 7 heteroatoms. The van der Waals surface area contributed by atoms with Gasteiger partial charge in [-0.05, 0) is 49.8 Å². The third kappa shape index (κ3) is 3.02. The standard InChI is InChI=1S/C21H27N3O4/c25-19(23-9-5-21(6-10-23)4-7-22-14-21)16-3-8-24(20(16)26)15-1-2-17-18(13-15)28-12-11-27-17/h1-2,13,16,22H,3-12,14H2. The number of nitrogens with one attached hydrogen (secondary N) is 1. The van der Waals surface area contributed by atoms with Gasteiger partial charge in [0.1, 0.15) is 19.1 Å². The van der Waals surface area contributed by atoms with Gasteiger partial charge in [-0.25, -0.2) is 0 Å². The first-order valence-electron chi connectivity index (χ1n) is 10.4. The van der Waals surface area contributed by atoms with Gasteiger partial charge < -0.3 is 24.6 Å². The molecule has 0 saturated carbocycles. The zero-order valence-electron chi connectivity index (χ0n) is 16.1. The number of carbonyl (C=O) groups is 2. The maximum absolute atomic E-state index is 13.0. The van der Waals surface area contributed by atoms with E-state index in [0.29, 0.717) is 43.1 Å². The van der Waals surface area contributed by atoms with Crippen molar-refractivity contribution < 1.29 is 19.1 Å². The van der Waals surface area contributed by atoms with Crippen LogP contribution in [0.2, 0.25) is 0 Å². The van der Waals surface area contributed by atoms with E-state index in [1.165, 1.54) is 6.42 Å². The summed E-state index contributed by atoms with van der Waals surface area (Å²) in [7, 11) is 0. The average Bonchev–Trinajstić information content (AvgIpc) is 3.34. The quantitative estimate of drug-likeness (QED) is 0.780. The van der Waals surface area contributed by atoms with Crippen molar-refractivity contribution in [3.8, 4) is 11.5 Å². The van der Waals surface area contributed by atoms with Crippen LogP contribution in [0.25, 0.3) is 0 Å². The molecular weight excluding hydrogens is 358 g/mol. The van der Waals surface area contributed by atoms with E-state index in [1.54, 1.807) is 4.90 Å². The molecule has 5 rings (SSSR count). The molecule has 2 amide bonds. The Labute approximate surface area is 165 Å². The van der Waals surface area contributed by atoms with Crippen molar-refractivity contribution in [2.45, 2.75) is 25.7 Å². The molecule has 0 aromatic heterocycles. The van der Waals surface area contributed by atoms with Gasteiger partial charge in [0.15, 0.2) is 11.5 Å². The highest BCUT2D eigenvalue weighted by atomic mass is 16.6. The van der Waals surface area contributed by atoms with Crippen LogP contribution in [0.3, 0.4) is 0 Å². The van der Waals surface area contributed by atoms with Crippen molar-refractivity contribution in [3.05, 3.63) is 18.2 Å². The molecule has 1 N–H and O–H groups in total. The fourth-order valence-electron chi connectivity index (χ4n) is 5.01. The van der Waals surface area contributed by atoms with Gasteiger partial charge in [0.2, 0.25) is 11.8 Å². The summed E-state index contributed by atoms with van der Waals surface area (Å²) in [6.45, 7) is 5.31. The molecular formula is C21H27N3O4. The van der Waals surface area contributed by atoms with E-state index < -0.39 is 5.92 Å². The molecule has 1 aromatic rings. The lowest BCUT2D eigenvalue weighted by Crippen LogP contribution is -2.47. The molecule has 3 fully saturated rings. The topological polar surface area (TPSA) is 71.1 Å². The highest BCUT2D eigenvalue weighted by Gasteiger charge is 2.43. The number of amides is 2. The molecule has 3 saturated heterocycles. The molecule has 1 aromatic carbocycles.